The van der Waals surface area contributed by atoms with Crippen molar-refractivity contribution in [2.75, 3.05) is 0 Å². The molecule has 0 saturated heterocycles. The van der Waals surface area contributed by atoms with E-state index in [1.54, 1.807) is 18.5 Å². The molecule has 0 atom stereocenters. The van der Waals surface area contributed by atoms with E-state index in [1.807, 2.05) is 177 Å². The van der Waals surface area contributed by atoms with E-state index in [0.717, 1.165) is 84.2 Å². The number of hydrogen-bond acceptors (Lipinski definition) is 10. The second-order valence-corrected chi connectivity index (χ2v) is 28.0. The van der Waals surface area contributed by atoms with E-state index < -0.39 is 6.04 Å². The van der Waals surface area contributed by atoms with Crippen molar-refractivity contribution in [2.24, 2.45) is 0 Å². The molecule has 0 saturated carbocycles. The summed E-state index contributed by atoms with van der Waals surface area (Å²) in [5, 5.41) is 18.0. The Morgan fingerprint density at radius 2 is 0.820 bits per heavy atom. The van der Waals surface area contributed by atoms with Crippen LogP contribution in [0.3, 0.4) is 0 Å². The Labute approximate surface area is 782 Å². The maximum atomic E-state index is 10.0. The van der Waals surface area contributed by atoms with Crippen molar-refractivity contribution in [2.45, 2.75) is 96.9 Å². The van der Waals surface area contributed by atoms with Crippen LogP contribution in [0.5, 0.6) is 0 Å². The van der Waals surface area contributed by atoms with E-state index in [1.165, 1.54) is 112 Å². The van der Waals surface area contributed by atoms with Gasteiger partial charge in [-0.05, 0) is 179 Å². The number of fused-ring (bicyclic) bond motifs is 1. The first-order valence-electron chi connectivity index (χ1n) is 41.0. The Kier molecular flexibility index (Phi) is 39.9. The second kappa shape index (κ2) is 52.5. The van der Waals surface area contributed by atoms with Crippen molar-refractivity contribution in [1.82, 2.24) is 29.9 Å². The zero-order valence-electron chi connectivity index (χ0n) is 75.5. The largest absolute Gasteiger partial charge is 0.512 e. The van der Waals surface area contributed by atoms with Gasteiger partial charge < -0.3 is 35.1 Å². The topological polar surface area (TPSA) is 152 Å². The minimum Gasteiger partial charge on any atom is -0.512 e. The van der Waals surface area contributed by atoms with E-state index in [-0.39, 0.29) is 133 Å². The van der Waals surface area contributed by atoms with Gasteiger partial charge in [-0.3, -0.25) is 14.6 Å². The molecule has 6 heterocycles. The first kappa shape index (κ1) is 92.7. The van der Waals surface area contributed by atoms with Gasteiger partial charge in [-0.25, -0.2) is 0 Å². The molecule has 2 N–H and O–H groups in total. The van der Waals surface area contributed by atoms with Crippen LogP contribution in [-0.2, 0) is 90.0 Å². The summed E-state index contributed by atoms with van der Waals surface area (Å²) >= 11 is 0. The number of ketones is 2. The summed E-state index contributed by atoms with van der Waals surface area (Å²) in [6, 6.07) is 103. The van der Waals surface area contributed by atoms with Gasteiger partial charge in [0.1, 0.15) is 0 Å². The van der Waals surface area contributed by atoms with Crippen LogP contribution in [0.1, 0.15) is 90.2 Å². The molecule has 0 aliphatic carbocycles. The summed E-state index contributed by atoms with van der Waals surface area (Å²) in [5.41, 5.74) is 30.3. The Morgan fingerprint density at radius 3 is 1.30 bits per heavy atom. The molecule has 16 aromatic rings. The molecular formula is C108H98Ir4N6O4-6. The van der Waals surface area contributed by atoms with Crippen molar-refractivity contribution in [3.63, 3.8) is 0 Å². The minimum atomic E-state index is -0.394. The van der Waals surface area contributed by atoms with Gasteiger partial charge in [0, 0.05) is 140 Å². The predicted molar refractivity (Wildman–Crippen MR) is 486 cm³/mol. The monoisotopic (exact) mass is 2320 g/mol. The van der Waals surface area contributed by atoms with Crippen LogP contribution in [-0.4, -0.2) is 51.7 Å². The number of carbonyl (C=O) groups excluding carboxylic acids is 2. The number of nitrogens with zero attached hydrogens (tertiary/aromatic N) is 6. The van der Waals surface area contributed by atoms with E-state index in [2.05, 4.69) is 221 Å². The second-order valence-electron chi connectivity index (χ2n) is 28.0. The van der Waals surface area contributed by atoms with Crippen molar-refractivity contribution in [1.29, 1.82) is 0 Å². The van der Waals surface area contributed by atoms with Gasteiger partial charge in [0.25, 0.3) is 0 Å². The van der Waals surface area contributed by atoms with E-state index in [0.29, 0.717) is 5.56 Å². The molecule has 0 unspecified atom stereocenters. The number of aliphatic hydroxyl groups is 2. The quantitative estimate of drug-likeness (QED) is 0.0727. The van der Waals surface area contributed by atoms with Crippen LogP contribution in [0.15, 0.2) is 340 Å². The number of hydrogen-bond donors (Lipinski definition) is 2. The molecule has 0 fully saturated rings. The summed E-state index contributed by atoms with van der Waals surface area (Å²) in [6.07, 6.45) is 11.3. The first-order valence-corrected chi connectivity index (χ1v) is 38.5. The number of aliphatic hydroxyl groups excluding tert-OH is 2. The van der Waals surface area contributed by atoms with Gasteiger partial charge in [0.15, 0.2) is 11.6 Å². The number of aryl methyl sites for hydroxylation is 10. The number of aromatic nitrogens is 6. The van der Waals surface area contributed by atoms with Crippen LogP contribution < -0.4 is 0 Å². The predicted octanol–water partition coefficient (Wildman–Crippen LogP) is 26.6. The van der Waals surface area contributed by atoms with Gasteiger partial charge >= 0.3 is 0 Å². The molecule has 14 heteroatoms. The molecule has 0 spiro atoms. The molecule has 10 aromatic carbocycles. The Morgan fingerprint density at radius 1 is 0.344 bits per heavy atom. The summed E-state index contributed by atoms with van der Waals surface area (Å²) < 4.78 is 39.4. The fourth-order valence-electron chi connectivity index (χ4n) is 12.6. The van der Waals surface area contributed by atoms with Crippen LogP contribution in [0, 0.1) is 106 Å². The molecule has 0 aliphatic rings. The van der Waals surface area contributed by atoms with Crippen LogP contribution in [0.2, 0.25) is 0 Å². The number of carbonyl (C=O) groups is 2. The average Bonchev–Trinajstić information content (AvgIpc) is 0.767. The molecule has 4 radical (unpaired) electrons. The summed E-state index contributed by atoms with van der Waals surface area (Å²) in [6.45, 7) is 26.5. The zero-order chi connectivity index (χ0) is 88.7. The normalized spacial score (nSPS) is 10.8. The third-order valence-corrected chi connectivity index (χ3v) is 17.8. The number of rotatable bonds is 11. The summed E-state index contributed by atoms with van der Waals surface area (Å²) in [4.78, 5) is 46.8. The van der Waals surface area contributed by atoms with Gasteiger partial charge in [0.05, 0.1) is 23.9 Å². The molecule has 0 aliphatic heterocycles. The van der Waals surface area contributed by atoms with Gasteiger partial charge in [0.2, 0.25) is 0 Å². The van der Waals surface area contributed by atoms with E-state index in [9.17, 15) is 9.59 Å². The zero-order valence-corrected chi connectivity index (χ0v) is 80.1. The molecule has 10 nitrogen and oxygen atoms in total. The third kappa shape index (κ3) is 32.4. The molecule has 0 amide bonds. The van der Waals surface area contributed by atoms with Crippen molar-refractivity contribution < 1.29 is 107 Å². The number of pyridine rings is 6. The average molecular weight is 2320 g/mol. The van der Waals surface area contributed by atoms with Crippen molar-refractivity contribution >= 4 is 22.5 Å². The van der Waals surface area contributed by atoms with Crippen LogP contribution >= 0.6 is 0 Å². The molecular weight excluding hydrogens is 2210 g/mol. The minimum absolute atomic E-state index is 0. The Bertz CT molecular complexity index is 6130. The molecule has 0 bridgehead atoms. The summed E-state index contributed by atoms with van der Waals surface area (Å²) in [5.74, 6) is -0.125. The first-order chi connectivity index (χ1) is 59.0. The van der Waals surface area contributed by atoms with E-state index >= 15 is 0 Å². The molecule has 16 rings (SSSR count). The smallest absolute Gasteiger partial charge is 0.155 e. The SMILES string of the molecule is CC(=O)C=C(C)O.CC(=O)C=C(C)O.Cc1[c-]c(-c2cc(C)c3c(C)cccc3n2)cc(C)c1.Cc1cc(-c2[c-]cccc2)ncc1-c1ccccc1.Cc1cc(C)cc(-c2ccnc(-c3[c-]cccc3)c2)c1.Cc1ccc[c-]c1-c1ccccn1.Cc1cccnc1-c1[c-]cccc1.[2H]c1c([2H])c([2H])c(-c2cnc(-c3[c-]cccc3)cc2C)c([2H])c1[2H].[Ir].[Ir].[Ir].[Ir]. The third-order valence-electron chi connectivity index (χ3n) is 17.8. The molecule has 626 valence electrons. The van der Waals surface area contributed by atoms with Crippen molar-refractivity contribution in [3.05, 3.63) is 432 Å². The molecule has 6 aromatic heterocycles. The fraction of sp³-hybridized carbons (Fsp3) is 0.130. The maximum absolute atomic E-state index is 10.0. The van der Waals surface area contributed by atoms with Crippen LogP contribution in [0.25, 0.3) is 112 Å². The van der Waals surface area contributed by atoms with Gasteiger partial charge in [-0.15, -0.1) is 214 Å². The number of allylic oxidation sites excluding steroid dienone is 4. The van der Waals surface area contributed by atoms with Gasteiger partial charge in [-0.2, -0.15) is 0 Å². The Balaban J connectivity index is 0.000000263. The maximum Gasteiger partial charge on any atom is 0.155 e. The van der Waals surface area contributed by atoms with Crippen molar-refractivity contribution in [3.8, 4) is 101 Å². The fourth-order valence-corrected chi connectivity index (χ4v) is 12.6. The number of benzene rings is 10. The molecule has 122 heavy (non-hydrogen) atoms. The van der Waals surface area contributed by atoms with Gasteiger partial charge in [-0.1, -0.05) is 171 Å². The van der Waals surface area contributed by atoms with E-state index in [4.69, 9.17) is 22.1 Å². The standard InChI is InChI=1S/C19H18N.C19H16N.2C18H14N.2C12H10N.2C5H8O2.4Ir/c1-12-8-13(2)10-16(9-12)18-11-15(4)19-14(3)6-5-7-17(19)20-18;1-14-10-15(2)12-18(11-14)17-8-9-20-19(13-17)16-6-4-3-5-7-16;2*1-14-12-18(16-10-6-3-7-11-16)19-13-17(14)15-8-4-2-5-9-15;1-10-6-2-3-7-11(10)12-8-4-5-9-13-12;1-10-6-5-9-13-12(10)11-7-3-2-4-8-11;2*1-4(6)3-5(2)7;;;;/h5-9,11H,1-4H3;3-6,8-13H,1-2H3;2*2-10,12-13H,1H3;2-6,8-9H,1H3;2-7,9H,1H3;2*3,6H,1-2H3;;;;/q6*-1;;;;;;/i;;2D,4D,5D,8D,9D;;;;;;;;;. The Hall–Kier alpha value is -11.6. The summed E-state index contributed by atoms with van der Waals surface area (Å²) in [7, 11) is 0. The van der Waals surface area contributed by atoms with Crippen LogP contribution in [0.4, 0.5) is 0 Å².